The fourth-order valence-corrected chi connectivity index (χ4v) is 1.61. The molecule has 0 spiro atoms. The van der Waals surface area contributed by atoms with Gasteiger partial charge in [0, 0.05) is 5.57 Å². The minimum Gasteiger partial charge on any atom is -0.478 e. The van der Waals surface area contributed by atoms with Crippen LogP contribution in [-0.4, -0.2) is 11.1 Å². The van der Waals surface area contributed by atoms with Gasteiger partial charge in [-0.2, -0.15) is 5.26 Å². The molecule has 1 N–H and O–H groups in total. The van der Waals surface area contributed by atoms with Crippen molar-refractivity contribution in [3.05, 3.63) is 22.8 Å². The molecule has 1 rings (SSSR count). The molecular weight excluding hydrogens is 178 g/mol. The lowest BCUT2D eigenvalue weighted by atomic mass is 9.84. The van der Waals surface area contributed by atoms with Gasteiger partial charge >= 0.3 is 5.97 Å². The molecule has 3 nitrogen and oxygen atoms in total. The van der Waals surface area contributed by atoms with Crippen LogP contribution in [0.3, 0.4) is 0 Å². The number of hydrogen-bond acceptors (Lipinski definition) is 2. The Labute approximate surface area is 83.4 Å². The molecule has 0 saturated carbocycles. The molecule has 74 valence electrons. The number of hydrogen-bond donors (Lipinski definition) is 1. The molecule has 0 bridgehead atoms. The van der Waals surface area contributed by atoms with Crippen molar-refractivity contribution >= 4 is 5.97 Å². The minimum atomic E-state index is -0.875. The summed E-state index contributed by atoms with van der Waals surface area (Å²) in [6.45, 7) is 3.81. The van der Waals surface area contributed by atoms with Gasteiger partial charge in [0.25, 0.3) is 0 Å². The van der Waals surface area contributed by atoms with E-state index in [0.717, 1.165) is 11.1 Å². The van der Waals surface area contributed by atoms with Gasteiger partial charge in [0.1, 0.15) is 0 Å². The first-order valence-corrected chi connectivity index (χ1v) is 4.57. The molecule has 3 heteroatoms. The highest BCUT2D eigenvalue weighted by molar-refractivity contribution is 5.87. The van der Waals surface area contributed by atoms with Gasteiger partial charge in [-0.3, -0.25) is 0 Å². The Bertz CT molecular complexity index is 354. The molecule has 0 radical (unpaired) electrons. The van der Waals surface area contributed by atoms with E-state index < -0.39 is 5.97 Å². The molecule has 1 aliphatic rings. The van der Waals surface area contributed by atoms with Crippen molar-refractivity contribution < 1.29 is 9.90 Å². The van der Waals surface area contributed by atoms with Crippen LogP contribution in [-0.2, 0) is 4.79 Å². The molecule has 14 heavy (non-hydrogen) atoms. The van der Waals surface area contributed by atoms with E-state index in [1.165, 1.54) is 0 Å². The number of allylic oxidation sites excluding steroid dienone is 3. The number of carboxylic acid groups (broad SMARTS) is 1. The van der Waals surface area contributed by atoms with Gasteiger partial charge in [0.05, 0.1) is 12.0 Å². The van der Waals surface area contributed by atoms with Crippen LogP contribution >= 0.6 is 0 Å². The van der Waals surface area contributed by atoms with Gasteiger partial charge in [-0.05, 0) is 38.3 Å². The summed E-state index contributed by atoms with van der Waals surface area (Å²) in [4.78, 5) is 10.7. The largest absolute Gasteiger partial charge is 0.478 e. The van der Waals surface area contributed by atoms with Gasteiger partial charge in [0.15, 0.2) is 0 Å². The lowest BCUT2D eigenvalue weighted by Gasteiger charge is -2.18. The second-order valence-electron chi connectivity index (χ2n) is 3.65. The fraction of sp³-hybridized carbons (Fsp3) is 0.455. The van der Waals surface area contributed by atoms with Gasteiger partial charge in [-0.1, -0.05) is 5.57 Å². The van der Waals surface area contributed by atoms with Gasteiger partial charge in [0.2, 0.25) is 0 Å². The zero-order valence-corrected chi connectivity index (χ0v) is 8.37. The summed E-state index contributed by atoms with van der Waals surface area (Å²) in [5.74, 6) is -1.01. The van der Waals surface area contributed by atoms with Crippen LogP contribution in [0.5, 0.6) is 0 Å². The Morgan fingerprint density at radius 2 is 2.29 bits per heavy atom. The molecule has 1 aliphatic carbocycles. The molecule has 0 heterocycles. The average Bonchev–Trinajstić information content (AvgIpc) is 2.16. The summed E-state index contributed by atoms with van der Waals surface area (Å²) < 4.78 is 0. The maximum absolute atomic E-state index is 10.7. The molecule has 0 fully saturated rings. The topological polar surface area (TPSA) is 61.1 Å². The van der Waals surface area contributed by atoms with E-state index in [0.29, 0.717) is 18.4 Å². The zero-order chi connectivity index (χ0) is 10.7. The highest BCUT2D eigenvalue weighted by Gasteiger charge is 2.22. The third-order valence-corrected chi connectivity index (χ3v) is 2.42. The number of carboxylic acids is 1. The van der Waals surface area contributed by atoms with Crippen molar-refractivity contribution in [1.82, 2.24) is 0 Å². The Morgan fingerprint density at radius 3 is 2.71 bits per heavy atom. The van der Waals surface area contributed by atoms with E-state index in [1.54, 1.807) is 6.08 Å². The average molecular weight is 191 g/mol. The van der Waals surface area contributed by atoms with E-state index in [2.05, 4.69) is 6.07 Å². The number of aliphatic carboxylic acids is 1. The van der Waals surface area contributed by atoms with Crippen LogP contribution < -0.4 is 0 Å². The van der Waals surface area contributed by atoms with Crippen molar-refractivity contribution in [3.8, 4) is 6.07 Å². The summed E-state index contributed by atoms with van der Waals surface area (Å²) in [7, 11) is 0. The van der Waals surface area contributed by atoms with Crippen LogP contribution in [0.25, 0.3) is 0 Å². The first-order chi connectivity index (χ1) is 6.56. The summed E-state index contributed by atoms with van der Waals surface area (Å²) in [5.41, 5.74) is 2.30. The van der Waals surface area contributed by atoms with Crippen molar-refractivity contribution in [3.63, 3.8) is 0 Å². The molecule has 0 saturated heterocycles. The standard InChI is InChI=1S/C11H13NO2/c1-7(2)10-5-8(11(13)14)3-4-9(10)6-12/h5,9H,3-4H2,1-2H3,(H,13,14). The Morgan fingerprint density at radius 1 is 1.64 bits per heavy atom. The Kier molecular flexibility index (Phi) is 3.08. The molecule has 1 unspecified atom stereocenters. The van der Waals surface area contributed by atoms with E-state index >= 15 is 0 Å². The molecule has 0 amide bonds. The predicted molar refractivity (Wildman–Crippen MR) is 52.4 cm³/mol. The maximum Gasteiger partial charge on any atom is 0.331 e. The van der Waals surface area contributed by atoms with Gasteiger partial charge < -0.3 is 5.11 Å². The van der Waals surface area contributed by atoms with Gasteiger partial charge in [-0.25, -0.2) is 4.79 Å². The van der Waals surface area contributed by atoms with Crippen LogP contribution in [0, 0.1) is 17.2 Å². The van der Waals surface area contributed by atoms with Crippen LogP contribution in [0.15, 0.2) is 22.8 Å². The van der Waals surface area contributed by atoms with Crippen LogP contribution in [0.1, 0.15) is 26.7 Å². The smallest absolute Gasteiger partial charge is 0.331 e. The Hall–Kier alpha value is -1.56. The van der Waals surface area contributed by atoms with E-state index in [-0.39, 0.29) is 5.92 Å². The van der Waals surface area contributed by atoms with Crippen LogP contribution in [0.4, 0.5) is 0 Å². The zero-order valence-electron chi connectivity index (χ0n) is 8.37. The van der Waals surface area contributed by atoms with E-state index in [9.17, 15) is 4.79 Å². The summed E-state index contributed by atoms with van der Waals surface area (Å²) in [6.07, 6.45) is 2.76. The molecule has 0 aromatic rings. The van der Waals surface area contributed by atoms with Crippen LogP contribution in [0.2, 0.25) is 0 Å². The Balaban J connectivity index is 3.09. The normalized spacial score (nSPS) is 21.1. The molecule has 1 atom stereocenters. The maximum atomic E-state index is 10.7. The monoisotopic (exact) mass is 191 g/mol. The summed E-state index contributed by atoms with van der Waals surface area (Å²) >= 11 is 0. The SMILES string of the molecule is CC(C)=C1C=C(C(=O)O)CCC1C#N. The second-order valence-corrected chi connectivity index (χ2v) is 3.65. The molecule has 0 aromatic heterocycles. The summed E-state index contributed by atoms with van der Waals surface area (Å²) in [6, 6.07) is 2.20. The molecular formula is C11H13NO2. The third kappa shape index (κ3) is 2.02. The van der Waals surface area contributed by atoms with Crippen molar-refractivity contribution in [2.24, 2.45) is 5.92 Å². The van der Waals surface area contributed by atoms with Gasteiger partial charge in [-0.15, -0.1) is 0 Å². The third-order valence-electron chi connectivity index (χ3n) is 2.42. The number of nitrogens with zero attached hydrogens (tertiary/aromatic N) is 1. The quantitative estimate of drug-likeness (QED) is 0.691. The second kappa shape index (κ2) is 4.10. The van der Waals surface area contributed by atoms with Crippen molar-refractivity contribution in [1.29, 1.82) is 5.26 Å². The van der Waals surface area contributed by atoms with Crippen molar-refractivity contribution in [2.45, 2.75) is 26.7 Å². The van der Waals surface area contributed by atoms with E-state index in [4.69, 9.17) is 10.4 Å². The van der Waals surface area contributed by atoms with Crippen molar-refractivity contribution in [2.75, 3.05) is 0 Å². The predicted octanol–water partition coefficient (Wildman–Crippen LogP) is 2.27. The lowest BCUT2D eigenvalue weighted by Crippen LogP contribution is -2.13. The first-order valence-electron chi connectivity index (χ1n) is 4.57. The lowest BCUT2D eigenvalue weighted by molar-refractivity contribution is -0.132. The minimum absolute atomic E-state index is 0.136. The van der Waals surface area contributed by atoms with E-state index in [1.807, 2.05) is 13.8 Å². The fourth-order valence-electron chi connectivity index (χ4n) is 1.61. The highest BCUT2D eigenvalue weighted by atomic mass is 16.4. The number of rotatable bonds is 1. The molecule has 0 aromatic carbocycles. The first kappa shape index (κ1) is 10.5. The number of carbonyl (C=O) groups is 1. The highest BCUT2D eigenvalue weighted by Crippen LogP contribution is 2.29. The summed E-state index contributed by atoms with van der Waals surface area (Å²) in [5, 5.41) is 17.7. The number of nitriles is 1. The molecule has 0 aliphatic heterocycles.